The number of ether oxygens (including phenoxy) is 1. The summed E-state index contributed by atoms with van der Waals surface area (Å²) < 4.78 is 6.24. The van der Waals surface area contributed by atoms with Crippen molar-refractivity contribution in [2.24, 2.45) is 0 Å². The molecule has 0 atom stereocenters. The summed E-state index contributed by atoms with van der Waals surface area (Å²) in [5, 5.41) is 0. The average Bonchev–Trinajstić information content (AvgIpc) is 2.68. The molecule has 4 nitrogen and oxygen atoms in total. The molecule has 100 valence electrons. The van der Waals surface area contributed by atoms with Gasteiger partial charge in [-0.1, -0.05) is 26.7 Å². The molecule has 1 heterocycles. The van der Waals surface area contributed by atoms with Crippen molar-refractivity contribution in [3.05, 3.63) is 23.0 Å². The molecule has 0 spiro atoms. The van der Waals surface area contributed by atoms with Crippen molar-refractivity contribution in [1.29, 1.82) is 0 Å². The van der Waals surface area contributed by atoms with Crippen LogP contribution in [0.1, 0.15) is 60.2 Å². The largest absolute Gasteiger partial charge is 0.464 e. The molecule has 0 aliphatic heterocycles. The van der Waals surface area contributed by atoms with Gasteiger partial charge in [0.1, 0.15) is 5.69 Å². The lowest BCUT2D eigenvalue weighted by molar-refractivity contribution is 0.0581. The highest BCUT2D eigenvalue weighted by atomic mass is 16.5. The minimum Gasteiger partial charge on any atom is -0.464 e. The number of methoxy groups -OCH3 is 1. The lowest BCUT2D eigenvalue weighted by Gasteiger charge is -2.09. The summed E-state index contributed by atoms with van der Waals surface area (Å²) in [6.45, 7) is 5.62. The quantitative estimate of drug-likeness (QED) is 0.756. The van der Waals surface area contributed by atoms with Gasteiger partial charge in [-0.3, -0.25) is 9.36 Å². The molecule has 0 saturated heterocycles. The van der Waals surface area contributed by atoms with Crippen LogP contribution in [-0.4, -0.2) is 23.6 Å². The van der Waals surface area contributed by atoms with Crippen LogP contribution in [-0.2, 0) is 17.6 Å². The first-order chi connectivity index (χ1) is 8.56. The molecule has 4 heteroatoms. The zero-order valence-corrected chi connectivity index (χ0v) is 11.6. The smallest absolute Gasteiger partial charge is 0.355 e. The SMILES string of the molecule is CCCc1cc(C(=O)OC)n(C(C)=O)c1CCC. The van der Waals surface area contributed by atoms with Crippen LogP contribution in [0.25, 0.3) is 0 Å². The van der Waals surface area contributed by atoms with Gasteiger partial charge in [0.15, 0.2) is 0 Å². The highest BCUT2D eigenvalue weighted by Gasteiger charge is 2.21. The molecular weight excluding hydrogens is 230 g/mol. The molecule has 0 fully saturated rings. The fourth-order valence-corrected chi connectivity index (χ4v) is 2.21. The van der Waals surface area contributed by atoms with E-state index in [0.717, 1.165) is 36.9 Å². The average molecular weight is 251 g/mol. The minimum absolute atomic E-state index is 0.138. The second-order valence-electron chi connectivity index (χ2n) is 4.35. The monoisotopic (exact) mass is 251 g/mol. The first-order valence-electron chi connectivity index (χ1n) is 6.39. The van der Waals surface area contributed by atoms with E-state index in [0.29, 0.717) is 5.69 Å². The van der Waals surface area contributed by atoms with Crippen LogP contribution in [0.3, 0.4) is 0 Å². The molecule has 1 aromatic rings. The van der Waals surface area contributed by atoms with Gasteiger partial charge < -0.3 is 4.74 Å². The van der Waals surface area contributed by atoms with Crippen molar-refractivity contribution < 1.29 is 14.3 Å². The molecule has 0 N–H and O–H groups in total. The molecule has 1 rings (SSSR count). The summed E-state index contributed by atoms with van der Waals surface area (Å²) in [5.41, 5.74) is 2.37. The van der Waals surface area contributed by atoms with Crippen molar-refractivity contribution in [2.45, 2.75) is 46.5 Å². The zero-order chi connectivity index (χ0) is 13.7. The number of nitrogens with zero attached hydrogens (tertiary/aromatic N) is 1. The summed E-state index contributed by atoms with van der Waals surface area (Å²) in [4.78, 5) is 23.5. The van der Waals surface area contributed by atoms with E-state index in [4.69, 9.17) is 4.74 Å². The number of esters is 1. The molecule has 0 amide bonds. The Hall–Kier alpha value is -1.58. The van der Waals surface area contributed by atoms with Gasteiger partial charge in [-0.15, -0.1) is 0 Å². The van der Waals surface area contributed by atoms with Crippen LogP contribution >= 0.6 is 0 Å². The number of carbonyl (C=O) groups excluding carboxylic acids is 2. The number of hydrogen-bond acceptors (Lipinski definition) is 3. The third-order valence-corrected chi connectivity index (χ3v) is 2.91. The Labute approximate surface area is 108 Å². The van der Waals surface area contributed by atoms with E-state index in [9.17, 15) is 9.59 Å². The van der Waals surface area contributed by atoms with Crippen LogP contribution < -0.4 is 0 Å². The van der Waals surface area contributed by atoms with Gasteiger partial charge in [0.2, 0.25) is 5.91 Å². The first-order valence-corrected chi connectivity index (χ1v) is 6.39. The van der Waals surface area contributed by atoms with E-state index in [2.05, 4.69) is 13.8 Å². The topological polar surface area (TPSA) is 48.3 Å². The maximum Gasteiger partial charge on any atom is 0.355 e. The van der Waals surface area contributed by atoms with E-state index in [1.54, 1.807) is 6.07 Å². The Balaban J connectivity index is 3.37. The first kappa shape index (κ1) is 14.5. The van der Waals surface area contributed by atoms with Crippen LogP contribution in [0.5, 0.6) is 0 Å². The van der Waals surface area contributed by atoms with Gasteiger partial charge in [0.05, 0.1) is 7.11 Å². The zero-order valence-electron chi connectivity index (χ0n) is 11.6. The molecule has 18 heavy (non-hydrogen) atoms. The third-order valence-electron chi connectivity index (χ3n) is 2.91. The summed E-state index contributed by atoms with van der Waals surface area (Å²) in [6.07, 6.45) is 3.60. The number of aromatic nitrogens is 1. The van der Waals surface area contributed by atoms with E-state index < -0.39 is 5.97 Å². The van der Waals surface area contributed by atoms with Crippen LogP contribution in [0, 0.1) is 0 Å². The number of hydrogen-bond donors (Lipinski definition) is 0. The Morgan fingerprint density at radius 2 is 1.83 bits per heavy atom. The molecule has 0 radical (unpaired) electrons. The molecule has 0 saturated carbocycles. The van der Waals surface area contributed by atoms with Crippen molar-refractivity contribution in [1.82, 2.24) is 4.57 Å². The predicted molar refractivity (Wildman–Crippen MR) is 70.1 cm³/mol. The molecule has 1 aromatic heterocycles. The molecule has 0 aliphatic carbocycles. The molecular formula is C14H21NO3. The lowest BCUT2D eigenvalue weighted by atomic mass is 10.1. The van der Waals surface area contributed by atoms with E-state index >= 15 is 0 Å². The highest BCUT2D eigenvalue weighted by Crippen LogP contribution is 2.20. The van der Waals surface area contributed by atoms with Gasteiger partial charge in [-0.05, 0) is 24.5 Å². The molecule has 0 bridgehead atoms. The van der Waals surface area contributed by atoms with Gasteiger partial charge >= 0.3 is 5.97 Å². The van der Waals surface area contributed by atoms with Gasteiger partial charge in [0, 0.05) is 12.6 Å². The fraction of sp³-hybridized carbons (Fsp3) is 0.571. The summed E-state index contributed by atoms with van der Waals surface area (Å²) in [7, 11) is 1.33. The summed E-state index contributed by atoms with van der Waals surface area (Å²) in [5.74, 6) is -0.592. The maximum absolute atomic E-state index is 11.8. The molecule has 0 aliphatic rings. The Bertz CT molecular complexity index is 446. The van der Waals surface area contributed by atoms with Gasteiger partial charge in [-0.2, -0.15) is 0 Å². The molecule has 0 aromatic carbocycles. The molecule has 0 unspecified atom stereocenters. The summed E-state index contributed by atoms with van der Waals surface area (Å²) >= 11 is 0. The minimum atomic E-state index is -0.454. The Morgan fingerprint density at radius 3 is 2.28 bits per heavy atom. The highest BCUT2D eigenvalue weighted by molar-refractivity contribution is 5.94. The van der Waals surface area contributed by atoms with Crippen molar-refractivity contribution in [3.8, 4) is 0 Å². The third kappa shape index (κ3) is 2.81. The maximum atomic E-state index is 11.8. The lowest BCUT2D eigenvalue weighted by Crippen LogP contribution is -2.17. The van der Waals surface area contributed by atoms with Crippen molar-refractivity contribution >= 4 is 11.9 Å². The van der Waals surface area contributed by atoms with Crippen LogP contribution in [0.2, 0.25) is 0 Å². The normalized spacial score (nSPS) is 10.4. The second kappa shape index (κ2) is 6.38. The van der Waals surface area contributed by atoms with Crippen molar-refractivity contribution in [2.75, 3.05) is 7.11 Å². The van der Waals surface area contributed by atoms with Crippen molar-refractivity contribution in [3.63, 3.8) is 0 Å². The van der Waals surface area contributed by atoms with E-state index in [-0.39, 0.29) is 5.91 Å². The summed E-state index contributed by atoms with van der Waals surface area (Å²) in [6, 6.07) is 1.79. The fourth-order valence-electron chi connectivity index (χ4n) is 2.21. The van der Waals surface area contributed by atoms with Gasteiger partial charge in [-0.25, -0.2) is 4.79 Å². The van der Waals surface area contributed by atoms with Gasteiger partial charge in [0.25, 0.3) is 0 Å². The number of carbonyl (C=O) groups is 2. The van der Waals surface area contributed by atoms with E-state index in [1.165, 1.54) is 18.6 Å². The predicted octanol–water partition coefficient (Wildman–Crippen LogP) is 2.84. The second-order valence-corrected chi connectivity index (χ2v) is 4.35. The number of aryl methyl sites for hydroxylation is 1. The van der Waals surface area contributed by atoms with E-state index in [1.807, 2.05) is 0 Å². The number of rotatable bonds is 5. The van der Waals surface area contributed by atoms with Crippen LogP contribution in [0.4, 0.5) is 0 Å². The standard InChI is InChI=1S/C14H21NO3/c1-5-7-11-9-13(14(17)18-4)15(10(3)16)12(11)8-6-2/h9H,5-8H2,1-4H3. The Morgan fingerprint density at radius 1 is 1.22 bits per heavy atom. The van der Waals surface area contributed by atoms with Crippen LogP contribution in [0.15, 0.2) is 6.07 Å². The Kier molecular flexibility index (Phi) is 5.13.